The highest BCUT2D eigenvalue weighted by molar-refractivity contribution is 5.92. The number of aromatic carboxylic acids is 1. The first kappa shape index (κ1) is 14.1. The number of hydrogen-bond acceptors (Lipinski definition) is 6. The topological polar surface area (TPSA) is 110 Å². The highest BCUT2D eigenvalue weighted by atomic mass is 16.5. The van der Waals surface area contributed by atoms with Crippen LogP contribution in [-0.2, 0) is 11.3 Å². The Morgan fingerprint density at radius 3 is 2.90 bits per heavy atom. The first-order valence-corrected chi connectivity index (χ1v) is 5.88. The van der Waals surface area contributed by atoms with Gasteiger partial charge in [0.2, 0.25) is 0 Å². The van der Waals surface area contributed by atoms with Crippen LogP contribution in [0.5, 0.6) is 0 Å². The van der Waals surface area contributed by atoms with Gasteiger partial charge in [0.05, 0.1) is 24.9 Å². The summed E-state index contributed by atoms with van der Waals surface area (Å²) in [4.78, 5) is 15.3. The van der Waals surface area contributed by atoms with E-state index in [1.54, 1.807) is 24.4 Å². The van der Waals surface area contributed by atoms with Gasteiger partial charge in [0.15, 0.2) is 5.69 Å². The third-order valence-electron chi connectivity index (χ3n) is 2.59. The molecule has 1 atom stereocenters. The van der Waals surface area contributed by atoms with Crippen LogP contribution in [0.25, 0.3) is 11.4 Å². The highest BCUT2D eigenvalue weighted by Gasteiger charge is 2.22. The maximum absolute atomic E-state index is 11.2. The molecule has 2 aromatic heterocycles. The second-order valence-corrected chi connectivity index (χ2v) is 4.10. The Morgan fingerprint density at radius 1 is 1.50 bits per heavy atom. The van der Waals surface area contributed by atoms with Gasteiger partial charge in [0.25, 0.3) is 0 Å². The summed E-state index contributed by atoms with van der Waals surface area (Å²) in [5, 5.41) is 26.3. The van der Waals surface area contributed by atoms with Gasteiger partial charge >= 0.3 is 5.97 Å². The van der Waals surface area contributed by atoms with E-state index in [0.717, 1.165) is 0 Å². The van der Waals surface area contributed by atoms with E-state index in [9.17, 15) is 9.90 Å². The predicted molar refractivity (Wildman–Crippen MR) is 68.1 cm³/mol. The molecule has 0 saturated carbocycles. The molecule has 1 unspecified atom stereocenters. The minimum atomic E-state index is -1.20. The van der Waals surface area contributed by atoms with Gasteiger partial charge < -0.3 is 14.9 Å². The zero-order valence-corrected chi connectivity index (χ0v) is 10.8. The summed E-state index contributed by atoms with van der Waals surface area (Å²) in [7, 11) is 1.47. The van der Waals surface area contributed by atoms with E-state index in [4.69, 9.17) is 9.84 Å². The van der Waals surface area contributed by atoms with Crippen molar-refractivity contribution in [2.75, 3.05) is 13.7 Å². The van der Waals surface area contributed by atoms with E-state index < -0.39 is 12.1 Å². The van der Waals surface area contributed by atoms with E-state index in [0.29, 0.717) is 5.69 Å². The quantitative estimate of drug-likeness (QED) is 0.767. The van der Waals surface area contributed by atoms with Crippen LogP contribution in [0.4, 0.5) is 0 Å². The summed E-state index contributed by atoms with van der Waals surface area (Å²) in [6.45, 7) is 0.184. The van der Waals surface area contributed by atoms with Crippen LogP contribution >= 0.6 is 0 Å². The van der Waals surface area contributed by atoms with Gasteiger partial charge in [0, 0.05) is 13.3 Å². The number of aromatic nitrogens is 4. The fourth-order valence-electron chi connectivity index (χ4n) is 1.79. The number of aliphatic hydroxyl groups is 1. The summed E-state index contributed by atoms with van der Waals surface area (Å²) < 4.78 is 6.15. The van der Waals surface area contributed by atoms with Crippen molar-refractivity contribution in [1.82, 2.24) is 20.0 Å². The van der Waals surface area contributed by atoms with Crippen LogP contribution in [0.3, 0.4) is 0 Å². The molecule has 0 radical (unpaired) electrons. The molecule has 8 nitrogen and oxygen atoms in total. The lowest BCUT2D eigenvalue weighted by Crippen LogP contribution is -2.22. The van der Waals surface area contributed by atoms with Crippen LogP contribution < -0.4 is 0 Å². The van der Waals surface area contributed by atoms with E-state index in [1.165, 1.54) is 11.8 Å². The number of methoxy groups -OCH3 is 1. The molecule has 0 saturated heterocycles. The van der Waals surface area contributed by atoms with E-state index in [1.807, 2.05) is 0 Å². The molecule has 0 fully saturated rings. The van der Waals surface area contributed by atoms with Gasteiger partial charge in [-0.15, -0.1) is 5.10 Å². The van der Waals surface area contributed by atoms with E-state index in [-0.39, 0.29) is 24.5 Å². The molecule has 2 heterocycles. The third-order valence-corrected chi connectivity index (χ3v) is 2.59. The SMILES string of the molecule is COCC(O)Cn1nnc(C(=O)O)c1-c1ccccn1. The molecule has 0 aliphatic rings. The molecule has 106 valence electrons. The number of carboxylic acid groups (broad SMARTS) is 1. The monoisotopic (exact) mass is 278 g/mol. The lowest BCUT2D eigenvalue weighted by atomic mass is 10.2. The Kier molecular flexibility index (Phi) is 4.38. The Hall–Kier alpha value is -2.32. The fraction of sp³-hybridized carbons (Fsp3) is 0.333. The van der Waals surface area contributed by atoms with Crippen LogP contribution in [0, 0.1) is 0 Å². The van der Waals surface area contributed by atoms with Gasteiger partial charge in [-0.25, -0.2) is 9.48 Å². The fourth-order valence-corrected chi connectivity index (χ4v) is 1.79. The van der Waals surface area contributed by atoms with Gasteiger partial charge in [-0.2, -0.15) is 0 Å². The predicted octanol–water partition coefficient (Wildman–Crippen LogP) is 0.0456. The van der Waals surface area contributed by atoms with Crippen LogP contribution in [-0.4, -0.2) is 56.0 Å². The van der Waals surface area contributed by atoms with Crippen molar-refractivity contribution in [3.8, 4) is 11.4 Å². The molecular formula is C12H14N4O4. The Bertz CT molecular complexity index is 584. The number of aliphatic hydroxyl groups excluding tert-OH is 1. The molecule has 0 aliphatic carbocycles. The molecule has 2 N–H and O–H groups in total. The molecule has 0 bridgehead atoms. The maximum atomic E-state index is 11.2. The molecule has 2 rings (SSSR count). The largest absolute Gasteiger partial charge is 0.476 e. The van der Waals surface area contributed by atoms with Gasteiger partial charge in [-0.05, 0) is 12.1 Å². The molecule has 0 aliphatic heterocycles. The number of rotatable bonds is 6. The molecule has 8 heteroatoms. The Labute approximate surface area is 114 Å². The van der Waals surface area contributed by atoms with Crippen molar-refractivity contribution in [3.63, 3.8) is 0 Å². The minimum Gasteiger partial charge on any atom is -0.476 e. The average Bonchev–Trinajstić information content (AvgIpc) is 2.83. The van der Waals surface area contributed by atoms with Crippen molar-refractivity contribution in [2.45, 2.75) is 12.6 Å². The number of hydrogen-bond donors (Lipinski definition) is 2. The zero-order valence-electron chi connectivity index (χ0n) is 10.8. The van der Waals surface area contributed by atoms with Gasteiger partial charge in [-0.1, -0.05) is 11.3 Å². The van der Waals surface area contributed by atoms with Crippen LogP contribution in [0.15, 0.2) is 24.4 Å². The maximum Gasteiger partial charge on any atom is 0.358 e. The summed E-state index contributed by atoms with van der Waals surface area (Å²) in [5.74, 6) is -1.20. The number of carbonyl (C=O) groups is 1. The lowest BCUT2D eigenvalue weighted by Gasteiger charge is -2.11. The summed E-state index contributed by atoms with van der Waals surface area (Å²) >= 11 is 0. The van der Waals surface area contributed by atoms with Crippen molar-refractivity contribution >= 4 is 5.97 Å². The van der Waals surface area contributed by atoms with E-state index >= 15 is 0 Å². The Balaban J connectivity index is 2.41. The van der Waals surface area contributed by atoms with Crippen molar-refractivity contribution < 1.29 is 19.7 Å². The lowest BCUT2D eigenvalue weighted by molar-refractivity contribution is 0.0513. The Morgan fingerprint density at radius 2 is 2.30 bits per heavy atom. The van der Waals surface area contributed by atoms with Crippen molar-refractivity contribution in [2.24, 2.45) is 0 Å². The summed E-state index contributed by atoms with van der Waals surface area (Å²) in [6, 6.07) is 5.11. The molecular weight excluding hydrogens is 264 g/mol. The zero-order chi connectivity index (χ0) is 14.5. The molecule has 2 aromatic rings. The first-order chi connectivity index (χ1) is 9.63. The first-order valence-electron chi connectivity index (χ1n) is 5.88. The van der Waals surface area contributed by atoms with Crippen molar-refractivity contribution in [1.29, 1.82) is 0 Å². The average molecular weight is 278 g/mol. The molecule has 20 heavy (non-hydrogen) atoms. The van der Waals surface area contributed by atoms with Crippen LogP contribution in [0.2, 0.25) is 0 Å². The highest BCUT2D eigenvalue weighted by Crippen LogP contribution is 2.20. The number of carboxylic acids is 1. The minimum absolute atomic E-state index is 0.0695. The second kappa shape index (κ2) is 6.22. The standard InChI is InChI=1S/C12H14N4O4/c1-20-7-8(17)6-16-11(9-4-2-3-5-13-9)10(12(18)19)14-15-16/h2-5,8,17H,6-7H2,1H3,(H,18,19). The van der Waals surface area contributed by atoms with Crippen molar-refractivity contribution in [3.05, 3.63) is 30.1 Å². The summed E-state index contributed by atoms with van der Waals surface area (Å²) in [6.07, 6.45) is 0.731. The smallest absolute Gasteiger partial charge is 0.358 e. The number of nitrogens with zero attached hydrogens (tertiary/aromatic N) is 4. The second-order valence-electron chi connectivity index (χ2n) is 4.10. The summed E-state index contributed by atoms with van der Waals surface area (Å²) in [5.41, 5.74) is 0.487. The molecule has 0 aromatic carbocycles. The normalized spacial score (nSPS) is 12.3. The molecule has 0 amide bonds. The third kappa shape index (κ3) is 2.98. The van der Waals surface area contributed by atoms with E-state index in [2.05, 4.69) is 15.3 Å². The van der Waals surface area contributed by atoms with Gasteiger partial charge in [0.1, 0.15) is 5.69 Å². The number of ether oxygens (including phenoxy) is 1. The number of pyridine rings is 1. The molecule has 0 spiro atoms. The van der Waals surface area contributed by atoms with Gasteiger partial charge in [-0.3, -0.25) is 4.98 Å². The van der Waals surface area contributed by atoms with Crippen LogP contribution in [0.1, 0.15) is 10.5 Å².